The van der Waals surface area contributed by atoms with Crippen molar-refractivity contribution in [3.8, 4) is 5.75 Å². The van der Waals surface area contributed by atoms with Crippen LogP contribution in [0.1, 0.15) is 5.56 Å². The minimum atomic E-state index is -0.353. The van der Waals surface area contributed by atoms with Crippen LogP contribution in [0.4, 0.5) is 0 Å². The molecule has 15 heavy (non-hydrogen) atoms. The van der Waals surface area contributed by atoms with Crippen molar-refractivity contribution >= 4 is 33.5 Å². The zero-order chi connectivity index (χ0) is 11.4. The second-order valence-corrected chi connectivity index (χ2v) is 4.06. The lowest BCUT2D eigenvalue weighted by molar-refractivity contribution is -0.139. The summed E-state index contributed by atoms with van der Waals surface area (Å²) in [5.74, 6) is 0.209. The molecule has 1 aromatic rings. The summed E-state index contributed by atoms with van der Waals surface area (Å²) in [6.45, 7) is 0. The van der Waals surface area contributed by atoms with Crippen molar-refractivity contribution in [3.63, 3.8) is 0 Å². The number of carbonyl (C=O) groups is 1. The average molecular weight is 294 g/mol. The number of halogens is 2. The Labute approximate surface area is 101 Å². The molecule has 0 aromatic heterocycles. The predicted molar refractivity (Wildman–Crippen MR) is 61.4 cm³/mol. The van der Waals surface area contributed by atoms with Crippen LogP contribution in [0, 0.1) is 0 Å². The Morgan fingerprint density at radius 2 is 2.13 bits per heavy atom. The minimum absolute atomic E-state index is 0.0952. The number of ether oxygens (including phenoxy) is 2. The highest BCUT2D eigenvalue weighted by atomic mass is 79.9. The third-order valence-electron chi connectivity index (χ3n) is 1.91. The maximum atomic E-state index is 11.2. The summed E-state index contributed by atoms with van der Waals surface area (Å²) in [7, 11) is 2.86. The van der Waals surface area contributed by atoms with Crippen LogP contribution < -0.4 is 4.74 Å². The monoisotopic (exact) mass is 292 g/mol. The molecular formula is C10H10BrClO3. The minimum Gasteiger partial charge on any atom is -0.495 e. The van der Waals surface area contributed by atoms with Crippen LogP contribution in [0.25, 0.3) is 0 Å². The molecule has 82 valence electrons. The van der Waals surface area contributed by atoms with Gasteiger partial charge in [-0.2, -0.15) is 0 Å². The highest BCUT2D eigenvalue weighted by molar-refractivity contribution is 9.10. The Balaban J connectivity index is 3.13. The van der Waals surface area contributed by atoms with Crippen LogP contribution in [0.3, 0.4) is 0 Å². The van der Waals surface area contributed by atoms with Crippen LogP contribution in [0.15, 0.2) is 16.6 Å². The molecule has 0 heterocycles. The molecule has 1 aromatic carbocycles. The summed E-state index contributed by atoms with van der Waals surface area (Å²) >= 11 is 9.29. The van der Waals surface area contributed by atoms with Gasteiger partial charge in [-0.15, -0.1) is 0 Å². The van der Waals surface area contributed by atoms with Gasteiger partial charge in [0.2, 0.25) is 0 Å². The second kappa shape index (κ2) is 5.37. The van der Waals surface area contributed by atoms with E-state index in [1.54, 1.807) is 12.1 Å². The molecule has 0 bridgehead atoms. The van der Waals surface area contributed by atoms with Gasteiger partial charge in [-0.3, -0.25) is 4.79 Å². The molecule has 0 saturated carbocycles. The molecule has 0 radical (unpaired) electrons. The quantitative estimate of drug-likeness (QED) is 0.804. The topological polar surface area (TPSA) is 35.5 Å². The van der Waals surface area contributed by atoms with E-state index in [0.29, 0.717) is 16.3 Å². The highest BCUT2D eigenvalue weighted by Gasteiger charge is 2.15. The Morgan fingerprint density at radius 1 is 1.47 bits per heavy atom. The van der Waals surface area contributed by atoms with Gasteiger partial charge in [0.15, 0.2) is 0 Å². The number of methoxy groups -OCH3 is 2. The van der Waals surface area contributed by atoms with Gasteiger partial charge >= 0.3 is 5.97 Å². The molecule has 0 amide bonds. The van der Waals surface area contributed by atoms with E-state index in [9.17, 15) is 4.79 Å². The van der Waals surface area contributed by atoms with Gasteiger partial charge in [0.05, 0.1) is 25.1 Å². The fourth-order valence-corrected chi connectivity index (χ4v) is 1.93. The maximum Gasteiger partial charge on any atom is 0.310 e. The predicted octanol–water partition coefficient (Wildman–Crippen LogP) is 2.83. The lowest BCUT2D eigenvalue weighted by atomic mass is 10.1. The van der Waals surface area contributed by atoms with Crippen LogP contribution in [-0.2, 0) is 16.0 Å². The molecule has 0 fully saturated rings. The van der Waals surface area contributed by atoms with Crippen LogP contribution in [-0.4, -0.2) is 20.2 Å². The van der Waals surface area contributed by atoms with E-state index < -0.39 is 0 Å². The second-order valence-electron chi connectivity index (χ2n) is 2.79. The molecule has 0 unspecified atom stereocenters. The fraction of sp³-hybridized carbons (Fsp3) is 0.300. The Kier molecular flexibility index (Phi) is 4.42. The molecule has 0 saturated heterocycles. The molecule has 0 aliphatic carbocycles. The molecule has 0 N–H and O–H groups in total. The van der Waals surface area contributed by atoms with Gasteiger partial charge in [0.25, 0.3) is 0 Å². The number of carbonyl (C=O) groups excluding carboxylic acids is 1. The summed E-state index contributed by atoms with van der Waals surface area (Å²) in [6.07, 6.45) is 0.0952. The van der Waals surface area contributed by atoms with Crippen molar-refractivity contribution in [2.24, 2.45) is 0 Å². The SMILES string of the molecule is COC(=O)Cc1c(Cl)ccc(Br)c1OC. The van der Waals surface area contributed by atoms with Crippen molar-refractivity contribution in [3.05, 3.63) is 27.2 Å². The first kappa shape index (κ1) is 12.3. The average Bonchev–Trinajstić information content (AvgIpc) is 2.23. The number of rotatable bonds is 3. The lowest BCUT2D eigenvalue weighted by Gasteiger charge is -2.11. The van der Waals surface area contributed by atoms with Gasteiger partial charge in [-0.05, 0) is 28.1 Å². The van der Waals surface area contributed by atoms with Crippen molar-refractivity contribution in [2.45, 2.75) is 6.42 Å². The molecular weight excluding hydrogens is 283 g/mol. The van der Waals surface area contributed by atoms with Gasteiger partial charge in [0.1, 0.15) is 5.75 Å². The van der Waals surface area contributed by atoms with E-state index >= 15 is 0 Å². The van der Waals surface area contributed by atoms with Crippen LogP contribution in [0.5, 0.6) is 5.75 Å². The molecule has 1 rings (SSSR count). The zero-order valence-corrected chi connectivity index (χ0v) is 10.7. The molecule has 3 nitrogen and oxygen atoms in total. The van der Waals surface area contributed by atoms with Crippen molar-refractivity contribution in [2.75, 3.05) is 14.2 Å². The first-order chi connectivity index (χ1) is 7.10. The van der Waals surface area contributed by atoms with Crippen molar-refractivity contribution < 1.29 is 14.3 Å². The standard InChI is InChI=1S/C10H10BrClO3/c1-14-9(13)5-6-8(12)4-3-7(11)10(6)15-2/h3-4H,5H2,1-2H3. The summed E-state index contributed by atoms with van der Waals surface area (Å²) in [6, 6.07) is 3.47. The van der Waals surface area contributed by atoms with Gasteiger partial charge in [-0.1, -0.05) is 11.6 Å². The normalized spacial score (nSPS) is 9.87. The molecule has 0 spiro atoms. The lowest BCUT2D eigenvalue weighted by Crippen LogP contribution is -2.06. The molecule has 0 aliphatic heterocycles. The maximum absolute atomic E-state index is 11.2. The van der Waals surface area contributed by atoms with Gasteiger partial charge in [-0.25, -0.2) is 0 Å². The first-order valence-electron chi connectivity index (χ1n) is 4.17. The van der Waals surface area contributed by atoms with E-state index in [2.05, 4.69) is 20.7 Å². The fourth-order valence-electron chi connectivity index (χ4n) is 1.18. The summed E-state index contributed by atoms with van der Waals surface area (Å²) < 4.78 is 10.5. The number of hydrogen-bond acceptors (Lipinski definition) is 3. The summed E-state index contributed by atoms with van der Waals surface area (Å²) in [5, 5.41) is 0.487. The van der Waals surface area contributed by atoms with Crippen LogP contribution >= 0.6 is 27.5 Å². The van der Waals surface area contributed by atoms with Crippen molar-refractivity contribution in [1.29, 1.82) is 0 Å². The highest BCUT2D eigenvalue weighted by Crippen LogP contribution is 2.34. The largest absolute Gasteiger partial charge is 0.495 e. The Morgan fingerprint density at radius 3 is 2.67 bits per heavy atom. The number of hydrogen-bond donors (Lipinski definition) is 0. The van der Waals surface area contributed by atoms with Crippen LogP contribution in [0.2, 0.25) is 5.02 Å². The van der Waals surface area contributed by atoms with E-state index in [1.165, 1.54) is 14.2 Å². The molecule has 0 aliphatic rings. The molecule has 0 atom stereocenters. The van der Waals surface area contributed by atoms with E-state index in [-0.39, 0.29) is 12.4 Å². The third-order valence-corrected chi connectivity index (χ3v) is 2.89. The van der Waals surface area contributed by atoms with E-state index in [0.717, 1.165) is 4.47 Å². The Hall–Kier alpha value is -0.740. The zero-order valence-electron chi connectivity index (χ0n) is 8.34. The van der Waals surface area contributed by atoms with Gasteiger partial charge < -0.3 is 9.47 Å². The molecule has 5 heteroatoms. The Bertz CT molecular complexity index is 379. The smallest absolute Gasteiger partial charge is 0.310 e. The van der Waals surface area contributed by atoms with E-state index in [1.807, 2.05) is 0 Å². The first-order valence-corrected chi connectivity index (χ1v) is 5.35. The summed E-state index contributed by atoms with van der Waals surface area (Å²) in [5.41, 5.74) is 0.625. The third kappa shape index (κ3) is 2.86. The van der Waals surface area contributed by atoms with E-state index in [4.69, 9.17) is 16.3 Å². The van der Waals surface area contributed by atoms with Crippen molar-refractivity contribution in [1.82, 2.24) is 0 Å². The van der Waals surface area contributed by atoms with Gasteiger partial charge in [0, 0.05) is 10.6 Å². The number of benzene rings is 1. The number of esters is 1. The summed E-state index contributed by atoms with van der Waals surface area (Å²) in [4.78, 5) is 11.2.